The highest BCUT2D eigenvalue weighted by molar-refractivity contribution is 6.33. The molecule has 0 saturated heterocycles. The Morgan fingerprint density at radius 1 is 1.56 bits per heavy atom. The molecule has 0 aliphatic heterocycles. The molecule has 50 valence electrons. The molecular formula is C5H8ClN3. The van der Waals surface area contributed by atoms with Crippen LogP contribution in [-0.4, -0.2) is 4.57 Å². The van der Waals surface area contributed by atoms with Crippen LogP contribution in [0.1, 0.15) is 0 Å². The number of aromatic nitrogens is 1. The van der Waals surface area contributed by atoms with Gasteiger partial charge in [0.1, 0.15) is 11.6 Å². The summed E-state index contributed by atoms with van der Waals surface area (Å²) in [7, 11) is 1.76. The summed E-state index contributed by atoms with van der Waals surface area (Å²) in [6.07, 6.45) is 0. The fourth-order valence-electron chi connectivity index (χ4n) is 0.600. The first-order valence-corrected chi connectivity index (χ1v) is 2.87. The lowest BCUT2D eigenvalue weighted by atomic mass is 10.6. The first kappa shape index (κ1) is 6.29. The van der Waals surface area contributed by atoms with Crippen LogP contribution in [0.4, 0.5) is 11.6 Å². The van der Waals surface area contributed by atoms with E-state index in [9.17, 15) is 0 Å². The Hall–Kier alpha value is -0.830. The summed E-state index contributed by atoms with van der Waals surface area (Å²) in [5, 5.41) is 0.509. The number of nitrogen functional groups attached to an aromatic ring is 2. The standard InChI is InChI=1S/C5H8ClN3/c1-9-4(7)2-3(6)5(9)8/h2H,7-8H2,1H3. The molecule has 1 heterocycles. The van der Waals surface area contributed by atoms with Crippen molar-refractivity contribution in [3.05, 3.63) is 11.1 Å². The van der Waals surface area contributed by atoms with Crippen molar-refractivity contribution in [2.75, 3.05) is 11.5 Å². The minimum absolute atomic E-state index is 0.508. The van der Waals surface area contributed by atoms with Crippen LogP contribution < -0.4 is 11.5 Å². The van der Waals surface area contributed by atoms with E-state index in [-0.39, 0.29) is 0 Å². The van der Waals surface area contributed by atoms with Crippen molar-refractivity contribution in [2.24, 2.45) is 7.05 Å². The third-order valence-corrected chi connectivity index (χ3v) is 1.57. The molecule has 4 N–H and O–H groups in total. The predicted octanol–water partition coefficient (Wildman–Crippen LogP) is 0.843. The molecule has 1 aromatic heterocycles. The highest BCUT2D eigenvalue weighted by Crippen LogP contribution is 2.23. The number of nitrogens with zero attached hydrogens (tertiary/aromatic N) is 1. The molecule has 0 unspecified atom stereocenters. The third-order valence-electron chi connectivity index (χ3n) is 1.27. The molecule has 0 bridgehead atoms. The van der Waals surface area contributed by atoms with Crippen LogP contribution in [-0.2, 0) is 7.05 Å². The van der Waals surface area contributed by atoms with Crippen LogP contribution in [0.15, 0.2) is 6.07 Å². The van der Waals surface area contributed by atoms with E-state index in [1.807, 2.05) is 0 Å². The Bertz CT molecular complexity index is 206. The fraction of sp³-hybridized carbons (Fsp3) is 0.200. The molecule has 3 nitrogen and oxygen atoms in total. The number of hydrogen-bond acceptors (Lipinski definition) is 2. The third kappa shape index (κ3) is 0.833. The number of anilines is 2. The van der Waals surface area contributed by atoms with Crippen LogP contribution in [0.25, 0.3) is 0 Å². The van der Waals surface area contributed by atoms with Crippen molar-refractivity contribution >= 4 is 23.2 Å². The minimum atomic E-state index is 0.508. The molecule has 0 aliphatic carbocycles. The fourth-order valence-corrected chi connectivity index (χ4v) is 0.838. The predicted molar refractivity (Wildman–Crippen MR) is 39.2 cm³/mol. The van der Waals surface area contributed by atoms with E-state index in [4.69, 9.17) is 23.1 Å². The summed E-state index contributed by atoms with van der Waals surface area (Å²) in [6, 6.07) is 1.62. The van der Waals surface area contributed by atoms with Crippen LogP contribution in [0.3, 0.4) is 0 Å². The van der Waals surface area contributed by atoms with Gasteiger partial charge in [-0.3, -0.25) is 0 Å². The molecule has 0 fully saturated rings. The monoisotopic (exact) mass is 145 g/mol. The van der Waals surface area contributed by atoms with Gasteiger partial charge in [-0.25, -0.2) is 0 Å². The van der Waals surface area contributed by atoms with E-state index in [0.29, 0.717) is 16.7 Å². The van der Waals surface area contributed by atoms with Gasteiger partial charge in [-0.05, 0) is 0 Å². The molecule has 9 heavy (non-hydrogen) atoms. The molecule has 0 saturated carbocycles. The Labute approximate surface area is 58.2 Å². The average Bonchev–Trinajstić information content (AvgIpc) is 1.98. The maximum Gasteiger partial charge on any atom is 0.123 e. The topological polar surface area (TPSA) is 57.0 Å². The first-order valence-electron chi connectivity index (χ1n) is 2.49. The van der Waals surface area contributed by atoms with Gasteiger partial charge in [-0.2, -0.15) is 0 Å². The Morgan fingerprint density at radius 2 is 2.11 bits per heavy atom. The molecule has 1 rings (SSSR count). The smallest absolute Gasteiger partial charge is 0.123 e. The molecule has 0 radical (unpaired) electrons. The molecule has 1 aromatic rings. The van der Waals surface area contributed by atoms with Gasteiger partial charge in [0.2, 0.25) is 0 Å². The van der Waals surface area contributed by atoms with Crippen molar-refractivity contribution in [1.82, 2.24) is 4.57 Å². The number of hydrogen-bond donors (Lipinski definition) is 2. The van der Waals surface area contributed by atoms with E-state index in [2.05, 4.69) is 0 Å². The van der Waals surface area contributed by atoms with Gasteiger partial charge < -0.3 is 16.0 Å². The zero-order valence-electron chi connectivity index (χ0n) is 5.06. The van der Waals surface area contributed by atoms with Gasteiger partial charge in [-0.15, -0.1) is 0 Å². The highest BCUT2D eigenvalue weighted by Gasteiger charge is 2.02. The molecular weight excluding hydrogens is 138 g/mol. The summed E-state index contributed by atoms with van der Waals surface area (Å²) >= 11 is 5.61. The Morgan fingerprint density at radius 3 is 2.22 bits per heavy atom. The van der Waals surface area contributed by atoms with Gasteiger partial charge in [0.05, 0.1) is 5.02 Å². The highest BCUT2D eigenvalue weighted by atomic mass is 35.5. The number of halogens is 1. The van der Waals surface area contributed by atoms with Crippen molar-refractivity contribution in [3.63, 3.8) is 0 Å². The van der Waals surface area contributed by atoms with Crippen molar-refractivity contribution < 1.29 is 0 Å². The Kier molecular flexibility index (Phi) is 1.29. The zero-order valence-corrected chi connectivity index (χ0v) is 5.81. The lowest BCUT2D eigenvalue weighted by Crippen LogP contribution is -1.99. The normalized spacial score (nSPS) is 10.0. The lowest BCUT2D eigenvalue weighted by Gasteiger charge is -1.96. The number of rotatable bonds is 0. The molecule has 0 spiro atoms. The summed E-state index contributed by atoms with van der Waals surface area (Å²) < 4.78 is 1.63. The van der Waals surface area contributed by atoms with Crippen LogP contribution in [0.2, 0.25) is 5.02 Å². The van der Waals surface area contributed by atoms with Crippen LogP contribution >= 0.6 is 11.6 Å². The SMILES string of the molecule is Cn1c(N)cc(Cl)c1N. The zero-order chi connectivity index (χ0) is 7.02. The van der Waals surface area contributed by atoms with E-state index >= 15 is 0 Å². The summed E-state index contributed by atoms with van der Waals surface area (Å²) in [5.41, 5.74) is 10.9. The first-order chi connectivity index (χ1) is 4.13. The van der Waals surface area contributed by atoms with Gasteiger partial charge in [0.25, 0.3) is 0 Å². The van der Waals surface area contributed by atoms with Gasteiger partial charge in [0.15, 0.2) is 0 Å². The number of nitrogens with two attached hydrogens (primary N) is 2. The molecule has 0 aromatic carbocycles. The van der Waals surface area contributed by atoms with E-state index in [0.717, 1.165) is 0 Å². The second-order valence-corrected chi connectivity index (χ2v) is 2.27. The minimum Gasteiger partial charge on any atom is -0.385 e. The summed E-state index contributed by atoms with van der Waals surface area (Å²) in [5.74, 6) is 1.09. The molecule has 4 heteroatoms. The maximum atomic E-state index is 5.61. The van der Waals surface area contributed by atoms with Gasteiger partial charge in [0, 0.05) is 13.1 Å². The van der Waals surface area contributed by atoms with E-state index < -0.39 is 0 Å². The van der Waals surface area contributed by atoms with E-state index in [1.165, 1.54) is 0 Å². The largest absolute Gasteiger partial charge is 0.385 e. The Balaban J connectivity index is 3.29. The second kappa shape index (κ2) is 1.84. The average molecular weight is 146 g/mol. The van der Waals surface area contributed by atoms with Gasteiger partial charge in [-0.1, -0.05) is 11.6 Å². The quantitative estimate of drug-likeness (QED) is 0.569. The molecule has 0 aliphatic rings. The van der Waals surface area contributed by atoms with Crippen molar-refractivity contribution in [3.8, 4) is 0 Å². The van der Waals surface area contributed by atoms with Crippen LogP contribution in [0, 0.1) is 0 Å². The van der Waals surface area contributed by atoms with Crippen molar-refractivity contribution in [1.29, 1.82) is 0 Å². The molecule has 0 amide bonds. The van der Waals surface area contributed by atoms with Gasteiger partial charge >= 0.3 is 0 Å². The van der Waals surface area contributed by atoms with Crippen molar-refractivity contribution in [2.45, 2.75) is 0 Å². The maximum absolute atomic E-state index is 5.61. The summed E-state index contributed by atoms with van der Waals surface area (Å²) in [6.45, 7) is 0. The second-order valence-electron chi connectivity index (χ2n) is 1.86. The van der Waals surface area contributed by atoms with E-state index in [1.54, 1.807) is 17.7 Å². The lowest BCUT2D eigenvalue weighted by molar-refractivity contribution is 0.955. The van der Waals surface area contributed by atoms with Crippen LogP contribution in [0.5, 0.6) is 0 Å². The summed E-state index contributed by atoms with van der Waals surface area (Å²) in [4.78, 5) is 0. The molecule has 0 atom stereocenters.